The smallest absolute Gasteiger partial charge is 0.221 e. The maximum absolute atomic E-state index is 11.6. The van der Waals surface area contributed by atoms with Gasteiger partial charge in [-0.3, -0.25) is 4.79 Å². The summed E-state index contributed by atoms with van der Waals surface area (Å²) >= 11 is 3.42. The third kappa shape index (κ3) is 9.98. The molecule has 0 aliphatic rings. The first-order valence-electron chi connectivity index (χ1n) is 6.67. The minimum Gasteiger partial charge on any atom is -0.375 e. The molecular formula is C15H26BrNO2. The fourth-order valence-corrected chi connectivity index (χ4v) is 2.53. The van der Waals surface area contributed by atoms with Gasteiger partial charge in [0.1, 0.15) is 0 Å². The van der Waals surface area contributed by atoms with Crippen LogP contribution in [0.15, 0.2) is 0 Å². The number of rotatable bonds is 9. The maximum Gasteiger partial charge on any atom is 0.221 e. The van der Waals surface area contributed by atoms with Gasteiger partial charge in [-0.1, -0.05) is 15.9 Å². The second kappa shape index (κ2) is 8.60. The zero-order valence-corrected chi connectivity index (χ0v) is 14.1. The van der Waals surface area contributed by atoms with E-state index in [4.69, 9.17) is 11.2 Å². The van der Waals surface area contributed by atoms with Crippen molar-refractivity contribution in [3.63, 3.8) is 0 Å². The Morgan fingerprint density at radius 2 is 1.95 bits per heavy atom. The molecule has 19 heavy (non-hydrogen) atoms. The summed E-state index contributed by atoms with van der Waals surface area (Å²) in [4.78, 5) is 11.6. The molecule has 1 amide bonds. The Bertz CT molecular complexity index is 319. The lowest BCUT2D eigenvalue weighted by Crippen LogP contribution is -2.44. The summed E-state index contributed by atoms with van der Waals surface area (Å²) in [6, 6.07) is 0. The van der Waals surface area contributed by atoms with Crippen LogP contribution in [-0.4, -0.2) is 29.0 Å². The highest BCUT2D eigenvalue weighted by molar-refractivity contribution is 9.09. The minimum atomic E-state index is -0.268. The van der Waals surface area contributed by atoms with Crippen LogP contribution in [0.2, 0.25) is 0 Å². The Kier molecular flexibility index (Phi) is 8.36. The van der Waals surface area contributed by atoms with E-state index >= 15 is 0 Å². The first kappa shape index (κ1) is 18.5. The number of ether oxygens (including phenoxy) is 1. The second-order valence-corrected chi connectivity index (χ2v) is 6.73. The molecule has 0 heterocycles. The van der Waals surface area contributed by atoms with Crippen molar-refractivity contribution in [1.82, 2.24) is 5.32 Å². The number of halogens is 1. The highest BCUT2D eigenvalue weighted by Crippen LogP contribution is 2.18. The molecule has 0 aromatic heterocycles. The lowest BCUT2D eigenvalue weighted by molar-refractivity contribution is -0.122. The van der Waals surface area contributed by atoms with Crippen LogP contribution in [0.1, 0.15) is 53.4 Å². The molecule has 0 aromatic rings. The molecule has 0 fully saturated rings. The van der Waals surface area contributed by atoms with E-state index in [-0.39, 0.29) is 17.0 Å². The molecule has 4 heteroatoms. The van der Waals surface area contributed by atoms with Gasteiger partial charge in [-0.2, -0.15) is 0 Å². The Labute approximate surface area is 126 Å². The molecule has 0 radical (unpaired) electrons. The Morgan fingerprint density at radius 3 is 2.47 bits per heavy atom. The Morgan fingerprint density at radius 1 is 1.32 bits per heavy atom. The van der Waals surface area contributed by atoms with Gasteiger partial charge in [0.25, 0.3) is 0 Å². The van der Waals surface area contributed by atoms with Gasteiger partial charge in [0.2, 0.25) is 5.91 Å². The van der Waals surface area contributed by atoms with Gasteiger partial charge in [-0.15, -0.1) is 12.3 Å². The Balaban J connectivity index is 4.03. The van der Waals surface area contributed by atoms with Crippen LogP contribution >= 0.6 is 15.9 Å². The number of carbonyl (C=O) groups is 1. The molecule has 3 nitrogen and oxygen atoms in total. The van der Waals surface area contributed by atoms with Crippen molar-refractivity contribution in [2.75, 3.05) is 11.9 Å². The van der Waals surface area contributed by atoms with Crippen molar-refractivity contribution < 1.29 is 9.53 Å². The normalized spacial score (nSPS) is 12.0. The van der Waals surface area contributed by atoms with Crippen molar-refractivity contribution in [2.24, 2.45) is 0 Å². The highest BCUT2D eigenvalue weighted by atomic mass is 79.9. The quantitative estimate of drug-likeness (QED) is 0.520. The number of nitrogens with one attached hydrogen (secondary N) is 1. The van der Waals surface area contributed by atoms with Crippen molar-refractivity contribution in [3.05, 3.63) is 0 Å². The molecular weight excluding hydrogens is 306 g/mol. The van der Waals surface area contributed by atoms with Crippen LogP contribution in [0, 0.1) is 12.3 Å². The standard InChI is InChI=1S/C15H26BrNO2/c1-6-7-8-13(18)17-14(2,3)10-12-19-15(4,5)9-11-16/h1H,7-12H2,2-5H3,(H,17,18). The van der Waals surface area contributed by atoms with Gasteiger partial charge in [0, 0.05) is 30.3 Å². The van der Waals surface area contributed by atoms with Gasteiger partial charge in [0.15, 0.2) is 0 Å². The number of carbonyl (C=O) groups excluding carboxylic acids is 1. The van der Waals surface area contributed by atoms with Gasteiger partial charge in [-0.05, 0) is 40.5 Å². The zero-order valence-electron chi connectivity index (χ0n) is 12.5. The van der Waals surface area contributed by atoms with Gasteiger partial charge in [0.05, 0.1) is 5.60 Å². The summed E-state index contributed by atoms with van der Waals surface area (Å²) < 4.78 is 5.85. The van der Waals surface area contributed by atoms with Crippen molar-refractivity contribution in [3.8, 4) is 12.3 Å². The third-order valence-corrected chi connectivity index (χ3v) is 3.29. The van der Waals surface area contributed by atoms with E-state index in [1.807, 2.05) is 13.8 Å². The topological polar surface area (TPSA) is 38.3 Å². The predicted octanol–water partition coefficient (Wildman–Crippen LogP) is 3.26. The van der Waals surface area contributed by atoms with Gasteiger partial charge in [-0.25, -0.2) is 0 Å². The first-order valence-corrected chi connectivity index (χ1v) is 7.79. The molecule has 0 unspecified atom stereocenters. The van der Waals surface area contributed by atoms with Crippen LogP contribution in [-0.2, 0) is 9.53 Å². The third-order valence-electron chi connectivity index (χ3n) is 2.89. The largest absolute Gasteiger partial charge is 0.375 e. The molecule has 110 valence electrons. The van der Waals surface area contributed by atoms with E-state index in [0.29, 0.717) is 19.4 Å². The number of alkyl halides is 1. The summed E-state index contributed by atoms with van der Waals surface area (Å²) in [5.41, 5.74) is -0.400. The summed E-state index contributed by atoms with van der Waals surface area (Å²) in [7, 11) is 0. The SMILES string of the molecule is C#CCCC(=O)NC(C)(C)CCOC(C)(C)CCBr. The minimum absolute atomic E-state index is 0.00247. The predicted molar refractivity (Wildman–Crippen MR) is 83.3 cm³/mol. The monoisotopic (exact) mass is 331 g/mol. The number of hydrogen-bond donors (Lipinski definition) is 1. The second-order valence-electron chi connectivity index (χ2n) is 5.93. The van der Waals surface area contributed by atoms with Gasteiger partial charge >= 0.3 is 0 Å². The molecule has 0 spiro atoms. The molecule has 0 saturated carbocycles. The average molecular weight is 332 g/mol. The number of hydrogen-bond acceptors (Lipinski definition) is 2. The van der Waals surface area contributed by atoms with E-state index < -0.39 is 0 Å². The van der Waals surface area contributed by atoms with Gasteiger partial charge < -0.3 is 10.1 Å². The molecule has 1 N–H and O–H groups in total. The Hall–Kier alpha value is -0.530. The summed E-state index contributed by atoms with van der Waals surface area (Å²) in [6.07, 6.45) is 7.75. The fraction of sp³-hybridized carbons (Fsp3) is 0.800. The van der Waals surface area contributed by atoms with E-state index in [1.54, 1.807) is 0 Å². The average Bonchev–Trinajstić information content (AvgIpc) is 2.24. The van der Waals surface area contributed by atoms with Crippen LogP contribution in [0.3, 0.4) is 0 Å². The lowest BCUT2D eigenvalue weighted by Gasteiger charge is -2.30. The first-order chi connectivity index (χ1) is 8.72. The maximum atomic E-state index is 11.6. The number of terminal acetylenes is 1. The van der Waals surface area contributed by atoms with E-state index in [1.165, 1.54) is 0 Å². The van der Waals surface area contributed by atoms with E-state index in [9.17, 15) is 4.79 Å². The molecule has 0 aromatic carbocycles. The molecule has 0 rings (SSSR count). The highest BCUT2D eigenvalue weighted by Gasteiger charge is 2.23. The lowest BCUT2D eigenvalue weighted by atomic mass is 10.00. The summed E-state index contributed by atoms with van der Waals surface area (Å²) in [5, 5.41) is 3.91. The zero-order chi connectivity index (χ0) is 14.9. The number of amides is 1. The van der Waals surface area contributed by atoms with Crippen molar-refractivity contribution in [2.45, 2.75) is 64.5 Å². The molecule has 0 aliphatic heterocycles. The van der Waals surface area contributed by atoms with Crippen molar-refractivity contribution in [1.29, 1.82) is 0 Å². The summed E-state index contributed by atoms with van der Waals surface area (Å²) in [6.45, 7) is 8.78. The fourth-order valence-electron chi connectivity index (χ4n) is 1.57. The summed E-state index contributed by atoms with van der Waals surface area (Å²) in [5.74, 6) is 2.47. The van der Waals surface area contributed by atoms with Crippen LogP contribution in [0.25, 0.3) is 0 Å². The van der Waals surface area contributed by atoms with Crippen LogP contribution in [0.4, 0.5) is 0 Å². The molecule has 0 atom stereocenters. The molecule has 0 bridgehead atoms. The molecule has 0 saturated heterocycles. The van der Waals surface area contributed by atoms with Crippen LogP contribution in [0.5, 0.6) is 0 Å². The molecule has 0 aliphatic carbocycles. The van der Waals surface area contributed by atoms with E-state index in [0.717, 1.165) is 18.2 Å². The van der Waals surface area contributed by atoms with E-state index in [2.05, 4.69) is 41.0 Å². The van der Waals surface area contributed by atoms with Crippen LogP contribution < -0.4 is 5.32 Å². The van der Waals surface area contributed by atoms with Crippen molar-refractivity contribution >= 4 is 21.8 Å².